The van der Waals surface area contributed by atoms with Crippen LogP contribution in [-0.4, -0.2) is 33.4 Å². The average molecular weight is 311 g/mol. The molecular weight excluding hydrogens is 284 g/mol. The van der Waals surface area contributed by atoms with E-state index in [-0.39, 0.29) is 0 Å². The molecule has 1 saturated heterocycles. The molecule has 1 aromatic rings. The van der Waals surface area contributed by atoms with Crippen molar-refractivity contribution in [1.82, 2.24) is 5.32 Å². The molecule has 1 aliphatic heterocycles. The largest absolute Gasteiger partial charge is 0.381 e. The second-order valence-electron chi connectivity index (χ2n) is 5.85. The summed E-state index contributed by atoms with van der Waals surface area (Å²) in [4.78, 5) is 2.35. The Kier molecular flexibility index (Phi) is 6.81. The van der Waals surface area contributed by atoms with Crippen molar-refractivity contribution in [3.63, 3.8) is 0 Å². The van der Waals surface area contributed by atoms with Crippen LogP contribution in [0.3, 0.4) is 0 Å². The van der Waals surface area contributed by atoms with E-state index in [0.29, 0.717) is 0 Å². The first-order valence-electron chi connectivity index (χ1n) is 7.99. The topological polar surface area (TPSA) is 24.5 Å². The third kappa shape index (κ3) is 4.87. The molecule has 3 nitrogen and oxygen atoms in total. The zero-order valence-corrected chi connectivity index (χ0v) is 14.0. The Bertz CT molecular complexity index is 433. The first-order valence-corrected chi connectivity index (χ1v) is 8.37. The maximum Gasteiger partial charge on any atom is 0.0471 e. The number of hydrogen-bond donors (Lipinski definition) is 1. The number of benzene rings is 1. The molecule has 1 N–H and O–H groups in total. The Labute approximate surface area is 133 Å². The maximum atomic E-state index is 6.41. The van der Waals surface area contributed by atoms with Gasteiger partial charge in [-0.25, -0.2) is 0 Å². The Morgan fingerprint density at radius 2 is 2.10 bits per heavy atom. The van der Waals surface area contributed by atoms with Gasteiger partial charge in [0, 0.05) is 49.6 Å². The first-order chi connectivity index (χ1) is 10.2. The highest BCUT2D eigenvalue weighted by Crippen LogP contribution is 2.28. The monoisotopic (exact) mass is 310 g/mol. The lowest BCUT2D eigenvalue weighted by Crippen LogP contribution is -2.30. The smallest absolute Gasteiger partial charge is 0.0471 e. The fraction of sp³-hybridized carbons (Fsp3) is 0.647. The second kappa shape index (κ2) is 8.62. The van der Waals surface area contributed by atoms with Gasteiger partial charge in [-0.2, -0.15) is 0 Å². The molecule has 1 heterocycles. The minimum atomic E-state index is 0.721. The van der Waals surface area contributed by atoms with Crippen LogP contribution < -0.4 is 10.2 Å². The van der Waals surface area contributed by atoms with E-state index >= 15 is 0 Å². The van der Waals surface area contributed by atoms with E-state index < -0.39 is 0 Å². The lowest BCUT2D eigenvalue weighted by Gasteiger charge is -2.30. The Hall–Kier alpha value is -0.770. The van der Waals surface area contributed by atoms with Gasteiger partial charge in [0.15, 0.2) is 0 Å². The summed E-state index contributed by atoms with van der Waals surface area (Å²) < 4.78 is 5.45. The number of nitrogens with zero attached hydrogens (tertiary/aromatic N) is 1. The van der Waals surface area contributed by atoms with E-state index in [1.54, 1.807) is 0 Å². The van der Waals surface area contributed by atoms with Crippen LogP contribution in [0.1, 0.15) is 31.7 Å². The quantitative estimate of drug-likeness (QED) is 0.777. The zero-order chi connectivity index (χ0) is 15.1. The molecule has 118 valence electrons. The summed E-state index contributed by atoms with van der Waals surface area (Å²) in [6.07, 6.45) is 3.46. The number of halogens is 1. The van der Waals surface area contributed by atoms with Crippen LogP contribution in [0, 0.1) is 5.92 Å². The minimum absolute atomic E-state index is 0.721. The van der Waals surface area contributed by atoms with Gasteiger partial charge in [-0.05, 0) is 43.9 Å². The van der Waals surface area contributed by atoms with Crippen molar-refractivity contribution in [3.8, 4) is 0 Å². The van der Waals surface area contributed by atoms with Crippen molar-refractivity contribution in [3.05, 3.63) is 28.8 Å². The lowest BCUT2D eigenvalue weighted by molar-refractivity contribution is 0.0685. The number of nitrogens with one attached hydrogen (secondary N) is 1. The molecule has 0 saturated carbocycles. The van der Waals surface area contributed by atoms with E-state index in [9.17, 15) is 0 Å². The Balaban J connectivity index is 2.04. The van der Waals surface area contributed by atoms with Crippen molar-refractivity contribution in [2.75, 3.05) is 38.3 Å². The van der Waals surface area contributed by atoms with Gasteiger partial charge in [0.2, 0.25) is 0 Å². The average Bonchev–Trinajstić information content (AvgIpc) is 2.50. The summed E-state index contributed by atoms with van der Waals surface area (Å²) in [6, 6.07) is 6.20. The minimum Gasteiger partial charge on any atom is -0.381 e. The fourth-order valence-corrected chi connectivity index (χ4v) is 3.12. The van der Waals surface area contributed by atoms with Crippen LogP contribution in [0.25, 0.3) is 0 Å². The molecule has 0 unspecified atom stereocenters. The molecule has 4 heteroatoms. The van der Waals surface area contributed by atoms with E-state index in [1.807, 2.05) is 12.1 Å². The molecule has 0 spiro atoms. The predicted octanol–water partition coefficient (Wildman–Crippen LogP) is 3.70. The zero-order valence-electron chi connectivity index (χ0n) is 13.2. The molecule has 1 aliphatic rings. The molecule has 0 bridgehead atoms. The van der Waals surface area contributed by atoms with Gasteiger partial charge in [0.05, 0.1) is 0 Å². The van der Waals surface area contributed by atoms with Gasteiger partial charge in [0.25, 0.3) is 0 Å². The Morgan fingerprint density at radius 3 is 2.81 bits per heavy atom. The molecule has 0 amide bonds. The highest BCUT2D eigenvalue weighted by Gasteiger charge is 2.18. The lowest BCUT2D eigenvalue weighted by atomic mass is 9.99. The highest BCUT2D eigenvalue weighted by molar-refractivity contribution is 6.31. The number of anilines is 1. The van der Waals surface area contributed by atoms with Crippen LogP contribution in [0.15, 0.2) is 18.2 Å². The van der Waals surface area contributed by atoms with Crippen LogP contribution >= 0.6 is 11.6 Å². The Morgan fingerprint density at radius 1 is 1.33 bits per heavy atom. The number of rotatable bonds is 7. The van der Waals surface area contributed by atoms with Crippen molar-refractivity contribution in [1.29, 1.82) is 0 Å². The van der Waals surface area contributed by atoms with Crippen LogP contribution in [0.5, 0.6) is 0 Å². The summed E-state index contributed by atoms with van der Waals surface area (Å²) in [5.41, 5.74) is 2.46. The third-order valence-electron chi connectivity index (χ3n) is 4.11. The molecule has 1 fully saturated rings. The van der Waals surface area contributed by atoms with Gasteiger partial charge in [-0.3, -0.25) is 0 Å². The van der Waals surface area contributed by atoms with E-state index in [1.165, 1.54) is 11.3 Å². The van der Waals surface area contributed by atoms with Crippen molar-refractivity contribution in [2.24, 2.45) is 5.92 Å². The third-order valence-corrected chi connectivity index (χ3v) is 4.46. The molecule has 0 atom stereocenters. The molecular formula is C17H27ClN2O. The van der Waals surface area contributed by atoms with Gasteiger partial charge in [-0.1, -0.05) is 24.6 Å². The predicted molar refractivity (Wildman–Crippen MR) is 90.3 cm³/mol. The van der Waals surface area contributed by atoms with E-state index in [2.05, 4.69) is 30.3 Å². The summed E-state index contributed by atoms with van der Waals surface area (Å²) in [6.45, 7) is 6.91. The van der Waals surface area contributed by atoms with E-state index in [4.69, 9.17) is 16.3 Å². The van der Waals surface area contributed by atoms with E-state index in [0.717, 1.165) is 63.1 Å². The van der Waals surface area contributed by atoms with Crippen molar-refractivity contribution >= 4 is 17.3 Å². The SMILES string of the molecule is CCCNCc1c(Cl)cccc1N(C)CC1CCOCC1. The standard InChI is InChI=1S/C17H27ClN2O/c1-3-9-19-12-15-16(18)5-4-6-17(15)20(2)13-14-7-10-21-11-8-14/h4-6,14,19H,3,7-13H2,1-2H3. The van der Waals surface area contributed by atoms with Gasteiger partial charge in [-0.15, -0.1) is 0 Å². The summed E-state index contributed by atoms with van der Waals surface area (Å²) in [5, 5.41) is 4.32. The fourth-order valence-electron chi connectivity index (χ4n) is 2.88. The molecule has 0 aromatic heterocycles. The second-order valence-corrected chi connectivity index (χ2v) is 6.26. The summed E-state index contributed by atoms with van der Waals surface area (Å²) in [5.74, 6) is 0.721. The normalized spacial score (nSPS) is 16.1. The first kappa shape index (κ1) is 16.6. The van der Waals surface area contributed by atoms with Crippen LogP contribution in [0.4, 0.5) is 5.69 Å². The summed E-state index contributed by atoms with van der Waals surface area (Å²) >= 11 is 6.41. The van der Waals surface area contributed by atoms with Crippen LogP contribution in [0.2, 0.25) is 5.02 Å². The molecule has 1 aromatic carbocycles. The molecule has 21 heavy (non-hydrogen) atoms. The number of ether oxygens (including phenoxy) is 1. The maximum absolute atomic E-state index is 6.41. The van der Waals surface area contributed by atoms with Crippen molar-refractivity contribution < 1.29 is 4.74 Å². The number of hydrogen-bond acceptors (Lipinski definition) is 3. The molecule has 0 radical (unpaired) electrons. The summed E-state index contributed by atoms with van der Waals surface area (Å²) in [7, 11) is 2.17. The highest BCUT2D eigenvalue weighted by atomic mass is 35.5. The van der Waals surface area contributed by atoms with Crippen molar-refractivity contribution in [2.45, 2.75) is 32.7 Å². The van der Waals surface area contributed by atoms with Crippen LogP contribution in [-0.2, 0) is 11.3 Å². The molecule has 2 rings (SSSR count). The van der Waals surface area contributed by atoms with Gasteiger partial charge >= 0.3 is 0 Å². The molecule has 0 aliphatic carbocycles. The van der Waals surface area contributed by atoms with Gasteiger partial charge in [0.1, 0.15) is 0 Å². The van der Waals surface area contributed by atoms with Gasteiger partial charge < -0.3 is 15.0 Å².